The minimum Gasteiger partial charge on any atom is -0.272 e. The second kappa shape index (κ2) is 8.00. The number of carbonyl (C=O) groups excluding carboxylic acids is 2. The number of hydrogen-bond donors (Lipinski definition) is 2. The first-order valence-electron chi connectivity index (χ1n) is 6.59. The quantitative estimate of drug-likeness (QED) is 0.633. The van der Waals surface area contributed by atoms with Crippen LogP contribution in [0, 0.1) is 6.92 Å². The third-order valence-corrected chi connectivity index (χ3v) is 4.35. The van der Waals surface area contributed by atoms with Crippen LogP contribution in [-0.2, 0) is 4.79 Å². The van der Waals surface area contributed by atoms with Crippen LogP contribution in [0.4, 0.5) is 0 Å². The lowest BCUT2D eigenvalue weighted by atomic mass is 10.2. The topological polar surface area (TPSA) is 58.2 Å². The Bertz CT molecular complexity index is 657. The summed E-state index contributed by atoms with van der Waals surface area (Å²) in [5.41, 5.74) is 6.46. The average Bonchev–Trinajstić information content (AvgIpc) is 2.52. The summed E-state index contributed by atoms with van der Waals surface area (Å²) in [4.78, 5) is 24.6. The molecule has 0 aliphatic carbocycles. The van der Waals surface area contributed by atoms with Crippen molar-refractivity contribution in [3.63, 3.8) is 0 Å². The Morgan fingerprint density at radius 3 is 2.27 bits per heavy atom. The van der Waals surface area contributed by atoms with Gasteiger partial charge in [-0.3, -0.25) is 20.4 Å². The molecule has 114 valence electrons. The second-order valence-electron chi connectivity index (χ2n) is 4.61. The molecule has 0 bridgehead atoms. The van der Waals surface area contributed by atoms with E-state index in [0.29, 0.717) is 5.56 Å². The van der Waals surface area contributed by atoms with Gasteiger partial charge in [0.2, 0.25) is 5.91 Å². The van der Waals surface area contributed by atoms with Gasteiger partial charge in [-0.25, -0.2) is 0 Å². The molecule has 22 heavy (non-hydrogen) atoms. The minimum atomic E-state index is -0.346. The number of rotatable bonds is 4. The number of hydrogen-bond acceptors (Lipinski definition) is 3. The van der Waals surface area contributed by atoms with E-state index in [1.165, 1.54) is 17.3 Å². The maximum Gasteiger partial charge on any atom is 0.269 e. The Morgan fingerprint density at radius 2 is 1.64 bits per heavy atom. The molecule has 0 unspecified atom stereocenters. The number of benzene rings is 2. The summed E-state index contributed by atoms with van der Waals surface area (Å²) in [6.45, 7) is 2.01. The zero-order valence-corrected chi connectivity index (χ0v) is 14.3. The number of amides is 2. The lowest BCUT2D eigenvalue weighted by molar-refractivity contribution is -0.119. The fourth-order valence-electron chi connectivity index (χ4n) is 1.62. The van der Waals surface area contributed by atoms with Gasteiger partial charge < -0.3 is 0 Å². The molecule has 0 aromatic heterocycles. The standard InChI is InChI=1S/C16H15BrN2O2S/c1-11-2-8-14(9-3-11)22-10-15(20)18-19-16(21)12-4-6-13(17)7-5-12/h2-9H,10H2,1H3,(H,18,20)(H,19,21). The summed E-state index contributed by atoms with van der Waals surface area (Å²) < 4.78 is 0.891. The molecule has 0 aliphatic heterocycles. The summed E-state index contributed by atoms with van der Waals surface area (Å²) in [5.74, 6) is -0.360. The van der Waals surface area contributed by atoms with Crippen molar-refractivity contribution in [2.24, 2.45) is 0 Å². The van der Waals surface area contributed by atoms with Crippen molar-refractivity contribution in [2.75, 3.05) is 5.75 Å². The van der Waals surface area contributed by atoms with Gasteiger partial charge in [-0.15, -0.1) is 11.8 Å². The monoisotopic (exact) mass is 378 g/mol. The fraction of sp³-hybridized carbons (Fsp3) is 0.125. The van der Waals surface area contributed by atoms with E-state index in [1.807, 2.05) is 31.2 Å². The van der Waals surface area contributed by atoms with E-state index in [4.69, 9.17) is 0 Å². The first-order valence-corrected chi connectivity index (χ1v) is 8.36. The average molecular weight is 379 g/mol. The molecule has 0 heterocycles. The zero-order chi connectivity index (χ0) is 15.9. The predicted octanol–water partition coefficient (Wildman–Crippen LogP) is 3.31. The van der Waals surface area contributed by atoms with Crippen molar-refractivity contribution < 1.29 is 9.59 Å². The van der Waals surface area contributed by atoms with Gasteiger partial charge in [-0.2, -0.15) is 0 Å². The lowest BCUT2D eigenvalue weighted by Gasteiger charge is -2.07. The molecule has 6 heteroatoms. The molecule has 2 rings (SSSR count). The second-order valence-corrected chi connectivity index (χ2v) is 6.58. The van der Waals surface area contributed by atoms with Gasteiger partial charge in [0.15, 0.2) is 0 Å². The van der Waals surface area contributed by atoms with Gasteiger partial charge in [-0.05, 0) is 43.3 Å². The van der Waals surface area contributed by atoms with E-state index in [2.05, 4.69) is 26.8 Å². The highest BCUT2D eigenvalue weighted by atomic mass is 79.9. The van der Waals surface area contributed by atoms with Crippen molar-refractivity contribution in [1.29, 1.82) is 0 Å². The minimum absolute atomic E-state index is 0.240. The van der Waals surface area contributed by atoms with Crippen LogP contribution in [0.25, 0.3) is 0 Å². The van der Waals surface area contributed by atoms with Gasteiger partial charge in [0.25, 0.3) is 5.91 Å². The van der Waals surface area contributed by atoms with Crippen molar-refractivity contribution in [3.05, 3.63) is 64.1 Å². The molecule has 0 aliphatic rings. The maximum atomic E-state index is 11.8. The Hall–Kier alpha value is -1.79. The summed E-state index contributed by atoms with van der Waals surface area (Å²) in [6, 6.07) is 14.8. The Morgan fingerprint density at radius 1 is 1.00 bits per heavy atom. The molecule has 0 radical (unpaired) electrons. The van der Waals surface area contributed by atoms with Crippen LogP contribution in [0.2, 0.25) is 0 Å². The molecule has 0 saturated carbocycles. The fourth-order valence-corrected chi connectivity index (χ4v) is 2.58. The highest BCUT2D eigenvalue weighted by Crippen LogP contribution is 2.17. The van der Waals surface area contributed by atoms with Crippen LogP contribution >= 0.6 is 27.7 Å². The molecule has 0 fully saturated rings. The third-order valence-electron chi connectivity index (χ3n) is 2.81. The van der Waals surface area contributed by atoms with Crippen molar-refractivity contribution in [2.45, 2.75) is 11.8 Å². The number of thioether (sulfide) groups is 1. The van der Waals surface area contributed by atoms with Gasteiger partial charge >= 0.3 is 0 Å². The molecule has 0 atom stereocenters. The van der Waals surface area contributed by atoms with Crippen LogP contribution in [0.3, 0.4) is 0 Å². The van der Waals surface area contributed by atoms with Crippen LogP contribution in [0.15, 0.2) is 57.9 Å². The highest BCUT2D eigenvalue weighted by Gasteiger charge is 2.07. The molecular formula is C16H15BrN2O2S. The van der Waals surface area contributed by atoms with Crippen molar-refractivity contribution in [1.82, 2.24) is 10.9 Å². The van der Waals surface area contributed by atoms with E-state index < -0.39 is 0 Å². The lowest BCUT2D eigenvalue weighted by Crippen LogP contribution is -2.42. The molecular weight excluding hydrogens is 364 g/mol. The first-order chi connectivity index (χ1) is 10.5. The Labute approximate surface area is 141 Å². The van der Waals surface area contributed by atoms with Crippen molar-refractivity contribution >= 4 is 39.5 Å². The molecule has 2 aromatic carbocycles. The number of aryl methyl sites for hydroxylation is 1. The number of hydrazine groups is 1. The SMILES string of the molecule is Cc1ccc(SCC(=O)NNC(=O)c2ccc(Br)cc2)cc1. The van der Waals surface area contributed by atoms with E-state index in [0.717, 1.165) is 9.37 Å². The summed E-state index contributed by atoms with van der Waals surface area (Å²) >= 11 is 4.72. The molecule has 0 saturated heterocycles. The van der Waals surface area contributed by atoms with Gasteiger partial charge in [0, 0.05) is 14.9 Å². The summed E-state index contributed by atoms with van der Waals surface area (Å²) in [5, 5.41) is 0. The van der Waals surface area contributed by atoms with Crippen LogP contribution in [0.1, 0.15) is 15.9 Å². The number of carbonyl (C=O) groups is 2. The third kappa shape index (κ3) is 5.20. The number of nitrogens with one attached hydrogen (secondary N) is 2. The van der Waals surface area contributed by atoms with Gasteiger partial charge in [-0.1, -0.05) is 33.6 Å². The summed E-state index contributed by atoms with van der Waals surface area (Å²) in [6.07, 6.45) is 0. The van der Waals surface area contributed by atoms with Gasteiger partial charge in [0.1, 0.15) is 0 Å². The molecule has 2 aromatic rings. The smallest absolute Gasteiger partial charge is 0.269 e. The molecule has 4 nitrogen and oxygen atoms in total. The van der Waals surface area contributed by atoms with Gasteiger partial charge in [0.05, 0.1) is 5.75 Å². The maximum absolute atomic E-state index is 11.8. The normalized spacial score (nSPS) is 10.1. The predicted molar refractivity (Wildman–Crippen MR) is 91.7 cm³/mol. The van der Waals surface area contributed by atoms with Crippen molar-refractivity contribution in [3.8, 4) is 0 Å². The number of halogens is 1. The largest absolute Gasteiger partial charge is 0.272 e. The summed E-state index contributed by atoms with van der Waals surface area (Å²) in [7, 11) is 0. The molecule has 2 amide bonds. The first kappa shape index (κ1) is 16.6. The Kier molecular flexibility index (Phi) is 6.03. The highest BCUT2D eigenvalue weighted by molar-refractivity contribution is 9.10. The Balaban J connectivity index is 1.76. The van der Waals surface area contributed by atoms with Crippen LogP contribution in [-0.4, -0.2) is 17.6 Å². The van der Waals surface area contributed by atoms with Crippen LogP contribution < -0.4 is 10.9 Å². The molecule has 0 spiro atoms. The van der Waals surface area contributed by atoms with E-state index in [-0.39, 0.29) is 17.6 Å². The van der Waals surface area contributed by atoms with Crippen LogP contribution in [0.5, 0.6) is 0 Å². The zero-order valence-electron chi connectivity index (χ0n) is 11.9. The van der Waals surface area contributed by atoms with E-state index >= 15 is 0 Å². The molecule has 2 N–H and O–H groups in total. The van der Waals surface area contributed by atoms with E-state index in [9.17, 15) is 9.59 Å². The van der Waals surface area contributed by atoms with E-state index in [1.54, 1.807) is 24.3 Å².